The number of halogens is 1. The molecule has 3 N–H and O–H groups in total. The number of nitriles is 1. The van der Waals surface area contributed by atoms with Gasteiger partial charge in [-0.3, -0.25) is 4.79 Å². The molecule has 0 saturated carbocycles. The standard InChI is InChI=1S/C17H16FN3O/c1-12(20-11-14-6-2-3-8-16(14)18)17(22)21-15-7-4-5-13(9-15)10-19/h2-9,12,20H,11H2,1H3,(H,21,22)/p+1/t12-/m1/s1. The lowest BCUT2D eigenvalue weighted by atomic mass is 10.2. The van der Waals surface area contributed by atoms with Crippen molar-refractivity contribution >= 4 is 11.6 Å². The van der Waals surface area contributed by atoms with Crippen LogP contribution in [0.3, 0.4) is 0 Å². The number of amides is 1. The Morgan fingerprint density at radius 3 is 2.82 bits per heavy atom. The molecule has 5 heteroatoms. The number of nitrogens with two attached hydrogens (primary N) is 1. The summed E-state index contributed by atoms with van der Waals surface area (Å²) in [5.41, 5.74) is 1.63. The Morgan fingerprint density at radius 2 is 2.09 bits per heavy atom. The summed E-state index contributed by atoms with van der Waals surface area (Å²) in [6.07, 6.45) is 0. The van der Waals surface area contributed by atoms with E-state index in [9.17, 15) is 9.18 Å². The van der Waals surface area contributed by atoms with E-state index >= 15 is 0 Å². The second kappa shape index (κ2) is 7.34. The van der Waals surface area contributed by atoms with Crippen LogP contribution in [-0.2, 0) is 11.3 Å². The van der Waals surface area contributed by atoms with Crippen molar-refractivity contribution in [2.45, 2.75) is 19.5 Å². The number of hydrogen-bond acceptors (Lipinski definition) is 2. The molecule has 0 radical (unpaired) electrons. The summed E-state index contributed by atoms with van der Waals surface area (Å²) >= 11 is 0. The topological polar surface area (TPSA) is 69.5 Å². The summed E-state index contributed by atoms with van der Waals surface area (Å²) in [6.45, 7) is 2.14. The molecule has 0 aliphatic rings. The molecule has 2 rings (SSSR count). The first-order chi connectivity index (χ1) is 10.6. The average molecular weight is 298 g/mol. The van der Waals surface area contributed by atoms with E-state index in [1.54, 1.807) is 54.7 Å². The zero-order chi connectivity index (χ0) is 15.9. The molecular formula is C17H17FN3O+. The van der Waals surface area contributed by atoms with E-state index in [1.807, 2.05) is 6.07 Å². The van der Waals surface area contributed by atoms with Gasteiger partial charge in [-0.1, -0.05) is 24.3 Å². The molecule has 0 aromatic heterocycles. The van der Waals surface area contributed by atoms with Crippen molar-refractivity contribution < 1.29 is 14.5 Å². The van der Waals surface area contributed by atoms with Crippen LogP contribution < -0.4 is 10.6 Å². The van der Waals surface area contributed by atoms with Gasteiger partial charge < -0.3 is 10.6 Å². The van der Waals surface area contributed by atoms with Gasteiger partial charge in [-0.15, -0.1) is 0 Å². The van der Waals surface area contributed by atoms with Crippen molar-refractivity contribution in [1.29, 1.82) is 5.26 Å². The molecule has 0 fully saturated rings. The first-order valence-corrected chi connectivity index (χ1v) is 6.98. The Kier molecular flexibility index (Phi) is 5.23. The number of nitrogens with one attached hydrogen (secondary N) is 1. The van der Waals surface area contributed by atoms with Crippen LogP contribution in [0.25, 0.3) is 0 Å². The number of nitrogens with zero attached hydrogens (tertiary/aromatic N) is 1. The number of quaternary nitrogens is 1. The summed E-state index contributed by atoms with van der Waals surface area (Å²) < 4.78 is 13.5. The van der Waals surface area contributed by atoms with Crippen LogP contribution in [0.5, 0.6) is 0 Å². The van der Waals surface area contributed by atoms with Crippen LogP contribution in [-0.4, -0.2) is 11.9 Å². The van der Waals surface area contributed by atoms with Gasteiger partial charge >= 0.3 is 0 Å². The van der Waals surface area contributed by atoms with Crippen LogP contribution in [0.15, 0.2) is 48.5 Å². The van der Waals surface area contributed by atoms with Crippen LogP contribution in [0, 0.1) is 17.1 Å². The van der Waals surface area contributed by atoms with Crippen molar-refractivity contribution in [2.75, 3.05) is 5.32 Å². The predicted octanol–water partition coefficient (Wildman–Crippen LogP) is 1.79. The lowest BCUT2D eigenvalue weighted by Gasteiger charge is -2.12. The molecule has 0 spiro atoms. The largest absolute Gasteiger partial charge is 0.332 e. The van der Waals surface area contributed by atoms with Crippen molar-refractivity contribution in [3.8, 4) is 6.07 Å². The monoisotopic (exact) mass is 298 g/mol. The molecule has 0 heterocycles. The van der Waals surface area contributed by atoms with Crippen LogP contribution in [0.4, 0.5) is 10.1 Å². The van der Waals surface area contributed by atoms with E-state index < -0.39 is 0 Å². The Labute approximate surface area is 128 Å². The smallest absolute Gasteiger partial charge is 0.282 e. The Bertz CT molecular complexity index is 709. The van der Waals surface area contributed by atoms with E-state index in [2.05, 4.69) is 5.32 Å². The molecule has 2 aromatic carbocycles. The molecule has 112 valence electrons. The molecule has 2 aromatic rings. The zero-order valence-corrected chi connectivity index (χ0v) is 12.2. The molecule has 1 atom stereocenters. The summed E-state index contributed by atoms with van der Waals surface area (Å²) in [7, 11) is 0. The summed E-state index contributed by atoms with van der Waals surface area (Å²) in [5, 5.41) is 13.4. The number of benzene rings is 2. The highest BCUT2D eigenvalue weighted by molar-refractivity contribution is 5.93. The molecule has 0 saturated heterocycles. The highest BCUT2D eigenvalue weighted by Gasteiger charge is 2.17. The minimum Gasteiger partial charge on any atom is -0.332 e. The van der Waals surface area contributed by atoms with Gasteiger partial charge in [0.1, 0.15) is 12.4 Å². The summed E-state index contributed by atoms with van der Waals surface area (Å²) in [4.78, 5) is 12.1. The molecule has 1 amide bonds. The molecule has 0 aliphatic carbocycles. The molecule has 4 nitrogen and oxygen atoms in total. The number of rotatable bonds is 5. The van der Waals surface area contributed by atoms with Crippen molar-refractivity contribution in [1.82, 2.24) is 0 Å². The Morgan fingerprint density at radius 1 is 1.32 bits per heavy atom. The van der Waals surface area contributed by atoms with Crippen molar-refractivity contribution in [2.24, 2.45) is 0 Å². The second-order valence-corrected chi connectivity index (χ2v) is 5.00. The van der Waals surface area contributed by atoms with Gasteiger partial charge in [0.2, 0.25) is 0 Å². The second-order valence-electron chi connectivity index (χ2n) is 5.00. The predicted molar refractivity (Wildman–Crippen MR) is 81.3 cm³/mol. The van der Waals surface area contributed by atoms with E-state index in [1.165, 1.54) is 6.07 Å². The van der Waals surface area contributed by atoms with Gasteiger partial charge in [0, 0.05) is 11.3 Å². The number of carbonyl (C=O) groups excluding carboxylic acids is 1. The van der Waals surface area contributed by atoms with E-state index in [0.29, 0.717) is 23.4 Å². The molecule has 0 unspecified atom stereocenters. The van der Waals surface area contributed by atoms with Crippen LogP contribution >= 0.6 is 0 Å². The van der Waals surface area contributed by atoms with Crippen LogP contribution in [0.1, 0.15) is 18.1 Å². The maximum Gasteiger partial charge on any atom is 0.282 e. The highest BCUT2D eigenvalue weighted by Crippen LogP contribution is 2.09. The Hall–Kier alpha value is -2.71. The molecule has 0 bridgehead atoms. The first-order valence-electron chi connectivity index (χ1n) is 6.98. The van der Waals surface area contributed by atoms with Gasteiger partial charge in [-0.2, -0.15) is 5.26 Å². The quantitative estimate of drug-likeness (QED) is 0.883. The first kappa shape index (κ1) is 15.7. The van der Waals surface area contributed by atoms with Crippen molar-refractivity contribution in [3.05, 3.63) is 65.5 Å². The molecule has 0 aliphatic heterocycles. The molecule has 22 heavy (non-hydrogen) atoms. The fourth-order valence-electron chi connectivity index (χ4n) is 2.00. The Balaban J connectivity index is 1.92. The van der Waals surface area contributed by atoms with E-state index in [0.717, 1.165) is 0 Å². The number of hydrogen-bond donors (Lipinski definition) is 2. The van der Waals surface area contributed by atoms with Crippen molar-refractivity contribution in [3.63, 3.8) is 0 Å². The maximum atomic E-state index is 13.5. The summed E-state index contributed by atoms with van der Waals surface area (Å²) in [6, 6.07) is 14.9. The average Bonchev–Trinajstić information content (AvgIpc) is 2.54. The number of anilines is 1. The van der Waals surface area contributed by atoms with Gasteiger partial charge in [0.15, 0.2) is 6.04 Å². The number of carbonyl (C=O) groups is 1. The minimum atomic E-state index is -0.370. The van der Waals surface area contributed by atoms with Gasteiger partial charge in [-0.05, 0) is 31.2 Å². The minimum absolute atomic E-state index is 0.188. The van der Waals surface area contributed by atoms with Crippen LogP contribution in [0.2, 0.25) is 0 Å². The van der Waals surface area contributed by atoms with Gasteiger partial charge in [0.25, 0.3) is 5.91 Å². The third kappa shape index (κ3) is 4.14. The highest BCUT2D eigenvalue weighted by atomic mass is 19.1. The lowest BCUT2D eigenvalue weighted by Crippen LogP contribution is -2.90. The lowest BCUT2D eigenvalue weighted by molar-refractivity contribution is -0.688. The fourth-order valence-corrected chi connectivity index (χ4v) is 2.00. The van der Waals surface area contributed by atoms with Gasteiger partial charge in [0.05, 0.1) is 11.6 Å². The van der Waals surface area contributed by atoms with E-state index in [-0.39, 0.29) is 17.8 Å². The zero-order valence-electron chi connectivity index (χ0n) is 12.2. The van der Waals surface area contributed by atoms with Gasteiger partial charge in [-0.25, -0.2) is 4.39 Å². The third-order valence-electron chi connectivity index (χ3n) is 3.32. The SMILES string of the molecule is C[C@@H]([NH2+]Cc1ccccc1F)C(=O)Nc1cccc(C#N)c1. The van der Waals surface area contributed by atoms with E-state index in [4.69, 9.17) is 5.26 Å². The summed E-state index contributed by atoms with van der Waals surface area (Å²) in [5.74, 6) is -0.459. The third-order valence-corrected chi connectivity index (χ3v) is 3.32. The normalized spacial score (nSPS) is 11.5. The fraction of sp³-hybridized carbons (Fsp3) is 0.176. The molecular weight excluding hydrogens is 281 g/mol. The maximum absolute atomic E-state index is 13.5.